The minimum absolute atomic E-state index is 0.0189. The van der Waals surface area contributed by atoms with Crippen LogP contribution < -0.4 is 5.32 Å². The molecule has 0 amide bonds. The Labute approximate surface area is 96.4 Å². The Morgan fingerprint density at radius 1 is 1.41 bits per heavy atom. The fraction of sp³-hybridized carbons (Fsp3) is 0. The Morgan fingerprint density at radius 2 is 2.18 bits per heavy atom. The van der Waals surface area contributed by atoms with E-state index in [1.54, 1.807) is 24.4 Å². The predicted octanol–water partition coefficient (Wildman–Crippen LogP) is 1.61. The molecule has 0 fully saturated rings. The molecule has 0 saturated carbocycles. The van der Waals surface area contributed by atoms with Gasteiger partial charge in [0.2, 0.25) is 0 Å². The third-order valence-electron chi connectivity index (χ3n) is 2.17. The van der Waals surface area contributed by atoms with Crippen LogP contribution >= 0.6 is 0 Å². The largest absolute Gasteiger partial charge is 0.506 e. The summed E-state index contributed by atoms with van der Waals surface area (Å²) >= 11 is 0. The molecule has 3 N–H and O–H groups in total. The number of phenolic OH excluding ortho intramolecular Hbond substituents is 1. The van der Waals surface area contributed by atoms with Crippen molar-refractivity contribution in [1.82, 2.24) is 10.2 Å². The van der Waals surface area contributed by atoms with Crippen molar-refractivity contribution in [2.75, 3.05) is 5.32 Å². The number of aromatic amines is 1. The third-order valence-corrected chi connectivity index (χ3v) is 2.17. The van der Waals surface area contributed by atoms with Crippen molar-refractivity contribution in [2.45, 2.75) is 0 Å². The van der Waals surface area contributed by atoms with E-state index in [0.29, 0.717) is 5.69 Å². The Hall–Kier alpha value is -2.99. The number of allylic oxidation sites excluding steroid dienone is 1. The minimum atomic E-state index is -0.0749. The first-order chi connectivity index (χ1) is 8.24. The highest BCUT2D eigenvalue weighted by Gasteiger charge is 2.04. The van der Waals surface area contributed by atoms with Crippen LogP contribution in [0.4, 0.5) is 5.69 Å². The van der Waals surface area contributed by atoms with Gasteiger partial charge in [-0.2, -0.15) is 15.6 Å². The second kappa shape index (κ2) is 4.25. The molecule has 0 bridgehead atoms. The second-order valence-corrected chi connectivity index (χ2v) is 3.25. The third kappa shape index (κ3) is 2.01. The van der Waals surface area contributed by atoms with Gasteiger partial charge < -0.3 is 10.4 Å². The first-order valence-electron chi connectivity index (χ1n) is 4.67. The molecule has 1 heterocycles. The van der Waals surface area contributed by atoms with Crippen molar-refractivity contribution in [1.29, 1.82) is 10.5 Å². The Balaban J connectivity index is 2.37. The normalized spacial score (nSPS) is 9.29. The van der Waals surface area contributed by atoms with Gasteiger partial charge in [0.15, 0.2) is 0 Å². The summed E-state index contributed by atoms with van der Waals surface area (Å²) < 4.78 is 0. The molecule has 2 aromatic rings. The van der Waals surface area contributed by atoms with Crippen molar-refractivity contribution in [3.63, 3.8) is 0 Å². The van der Waals surface area contributed by atoms with Crippen LogP contribution in [0.15, 0.2) is 30.1 Å². The summed E-state index contributed by atoms with van der Waals surface area (Å²) in [5, 5.41) is 36.8. The zero-order valence-corrected chi connectivity index (χ0v) is 8.60. The number of nitriles is 2. The standard InChI is InChI=1S/C11H7N5O/c12-3-7(4-13)5-14-10-2-9-8(1-11(10)17)6-15-16-9/h1-2,5-6,14,17H,(H,15,16). The summed E-state index contributed by atoms with van der Waals surface area (Å²) in [7, 11) is 0. The van der Waals surface area contributed by atoms with Crippen LogP contribution in [-0.2, 0) is 0 Å². The van der Waals surface area contributed by atoms with Gasteiger partial charge in [-0.25, -0.2) is 0 Å². The second-order valence-electron chi connectivity index (χ2n) is 3.25. The number of rotatable bonds is 2. The summed E-state index contributed by atoms with van der Waals surface area (Å²) in [4.78, 5) is 0. The van der Waals surface area contributed by atoms with E-state index < -0.39 is 0 Å². The summed E-state index contributed by atoms with van der Waals surface area (Å²) in [6.45, 7) is 0. The predicted molar refractivity (Wildman–Crippen MR) is 60.7 cm³/mol. The van der Waals surface area contributed by atoms with E-state index in [1.807, 2.05) is 0 Å². The van der Waals surface area contributed by atoms with E-state index in [4.69, 9.17) is 10.5 Å². The molecule has 6 heteroatoms. The summed E-state index contributed by atoms with van der Waals surface area (Å²) in [5.74, 6) is 0.0189. The van der Waals surface area contributed by atoms with Crippen LogP contribution in [-0.4, -0.2) is 15.3 Å². The van der Waals surface area contributed by atoms with E-state index in [9.17, 15) is 5.11 Å². The van der Waals surface area contributed by atoms with Gasteiger partial charge in [0, 0.05) is 11.6 Å². The molecular formula is C11H7N5O. The zero-order valence-electron chi connectivity index (χ0n) is 8.60. The van der Waals surface area contributed by atoms with Gasteiger partial charge in [0.25, 0.3) is 0 Å². The van der Waals surface area contributed by atoms with Gasteiger partial charge in [0.1, 0.15) is 23.5 Å². The van der Waals surface area contributed by atoms with Gasteiger partial charge in [-0.1, -0.05) is 0 Å². The number of hydrogen-bond acceptors (Lipinski definition) is 5. The summed E-state index contributed by atoms with van der Waals surface area (Å²) in [6.07, 6.45) is 2.82. The van der Waals surface area contributed by atoms with Crippen LogP contribution in [0.3, 0.4) is 0 Å². The molecule has 17 heavy (non-hydrogen) atoms. The molecular weight excluding hydrogens is 218 g/mol. The number of fused-ring (bicyclic) bond motifs is 1. The number of nitrogens with one attached hydrogen (secondary N) is 2. The number of nitrogens with zero attached hydrogens (tertiary/aromatic N) is 3. The van der Waals surface area contributed by atoms with Crippen molar-refractivity contribution < 1.29 is 5.11 Å². The smallest absolute Gasteiger partial charge is 0.145 e. The number of benzene rings is 1. The Morgan fingerprint density at radius 3 is 2.88 bits per heavy atom. The topological polar surface area (TPSA) is 109 Å². The molecule has 0 aliphatic rings. The van der Waals surface area contributed by atoms with Crippen molar-refractivity contribution in [3.8, 4) is 17.9 Å². The SMILES string of the molecule is N#CC(C#N)=CNc1cc2[nH]ncc2cc1O. The first-order valence-corrected chi connectivity index (χ1v) is 4.67. The summed E-state index contributed by atoms with van der Waals surface area (Å²) in [5.41, 5.74) is 1.06. The van der Waals surface area contributed by atoms with Crippen LogP contribution in [0.5, 0.6) is 5.75 Å². The molecule has 0 aliphatic carbocycles. The number of hydrogen-bond donors (Lipinski definition) is 3. The van der Waals surface area contributed by atoms with Gasteiger partial charge in [-0.15, -0.1) is 0 Å². The lowest BCUT2D eigenvalue weighted by atomic mass is 10.2. The highest BCUT2D eigenvalue weighted by molar-refractivity contribution is 5.85. The fourth-order valence-electron chi connectivity index (χ4n) is 1.33. The lowest BCUT2D eigenvalue weighted by Crippen LogP contribution is -1.90. The van der Waals surface area contributed by atoms with Gasteiger partial charge >= 0.3 is 0 Å². The Bertz CT molecular complexity index is 655. The molecule has 1 aromatic heterocycles. The maximum absolute atomic E-state index is 9.69. The van der Waals surface area contributed by atoms with Gasteiger partial charge in [-0.3, -0.25) is 5.10 Å². The van der Waals surface area contributed by atoms with E-state index in [2.05, 4.69) is 15.5 Å². The molecule has 0 spiro atoms. The molecule has 0 atom stereocenters. The first kappa shape index (κ1) is 10.5. The van der Waals surface area contributed by atoms with Crippen molar-refractivity contribution in [2.24, 2.45) is 0 Å². The molecule has 0 aliphatic heterocycles. The molecule has 1 aromatic carbocycles. The highest BCUT2D eigenvalue weighted by Crippen LogP contribution is 2.28. The average Bonchev–Trinajstić information content (AvgIpc) is 2.77. The zero-order chi connectivity index (χ0) is 12.3. The fourth-order valence-corrected chi connectivity index (χ4v) is 1.33. The van der Waals surface area contributed by atoms with Gasteiger partial charge in [-0.05, 0) is 12.1 Å². The molecule has 0 unspecified atom stereocenters. The van der Waals surface area contributed by atoms with Crippen LogP contribution in [0.1, 0.15) is 0 Å². The average molecular weight is 225 g/mol. The molecule has 82 valence electrons. The molecule has 0 saturated heterocycles. The Kier molecular flexibility index (Phi) is 2.63. The molecule has 0 radical (unpaired) electrons. The quantitative estimate of drug-likeness (QED) is 0.531. The summed E-state index contributed by atoms with van der Waals surface area (Å²) in [6, 6.07) is 6.59. The monoisotopic (exact) mass is 225 g/mol. The van der Waals surface area contributed by atoms with Crippen LogP contribution in [0.25, 0.3) is 10.9 Å². The van der Waals surface area contributed by atoms with E-state index in [1.165, 1.54) is 12.3 Å². The maximum Gasteiger partial charge on any atom is 0.145 e. The van der Waals surface area contributed by atoms with E-state index in [-0.39, 0.29) is 11.3 Å². The minimum Gasteiger partial charge on any atom is -0.506 e. The number of phenols is 1. The number of aromatic nitrogens is 2. The van der Waals surface area contributed by atoms with Gasteiger partial charge in [0.05, 0.1) is 17.4 Å². The van der Waals surface area contributed by atoms with E-state index in [0.717, 1.165) is 10.9 Å². The highest BCUT2D eigenvalue weighted by atomic mass is 16.3. The molecule has 2 rings (SSSR count). The maximum atomic E-state index is 9.69. The lowest BCUT2D eigenvalue weighted by molar-refractivity contribution is 0.478. The van der Waals surface area contributed by atoms with Crippen molar-refractivity contribution in [3.05, 3.63) is 30.1 Å². The number of aromatic hydroxyl groups is 1. The number of H-pyrrole nitrogens is 1. The van der Waals surface area contributed by atoms with E-state index >= 15 is 0 Å². The van der Waals surface area contributed by atoms with Crippen molar-refractivity contribution >= 4 is 16.6 Å². The lowest BCUT2D eigenvalue weighted by Gasteiger charge is -2.03. The number of anilines is 1. The molecule has 6 nitrogen and oxygen atoms in total. The van der Waals surface area contributed by atoms with Crippen LogP contribution in [0, 0.1) is 22.7 Å². The van der Waals surface area contributed by atoms with Crippen LogP contribution in [0.2, 0.25) is 0 Å².